The predicted octanol–water partition coefficient (Wildman–Crippen LogP) is 4.61. The van der Waals surface area contributed by atoms with Crippen LogP contribution in [0.5, 0.6) is 0 Å². The molecule has 0 aliphatic carbocycles. The number of rotatable bonds is 4. The average molecular weight is 384 g/mol. The molecule has 29 heavy (non-hydrogen) atoms. The van der Waals surface area contributed by atoms with Crippen molar-refractivity contribution in [3.8, 4) is 0 Å². The second kappa shape index (κ2) is 7.36. The van der Waals surface area contributed by atoms with Gasteiger partial charge in [0.05, 0.1) is 16.8 Å². The Balaban J connectivity index is 1.64. The third-order valence-electron chi connectivity index (χ3n) is 5.06. The quantitative estimate of drug-likeness (QED) is 0.668. The van der Waals surface area contributed by atoms with E-state index in [1.807, 2.05) is 44.2 Å². The largest absolute Gasteiger partial charge is 0.322 e. The van der Waals surface area contributed by atoms with E-state index in [0.717, 1.165) is 28.1 Å². The van der Waals surface area contributed by atoms with E-state index in [4.69, 9.17) is 0 Å². The number of hydrogen-bond donors (Lipinski definition) is 1. The first-order valence-electron chi connectivity index (χ1n) is 9.48. The van der Waals surface area contributed by atoms with Crippen LogP contribution < -0.4 is 10.2 Å². The molecule has 3 aromatic rings. The molecule has 0 aromatic heterocycles. The van der Waals surface area contributed by atoms with Crippen molar-refractivity contribution >= 4 is 29.1 Å². The number of carbonyl (C=O) groups is 3. The number of para-hydroxylation sites is 1. The zero-order chi connectivity index (χ0) is 20.5. The fourth-order valence-electron chi connectivity index (χ4n) is 3.53. The number of anilines is 2. The number of nitrogens with zero attached hydrogens (tertiary/aromatic N) is 1. The predicted molar refractivity (Wildman–Crippen MR) is 113 cm³/mol. The second-order valence-corrected chi connectivity index (χ2v) is 7.01. The number of nitrogens with one attached hydrogen (secondary N) is 1. The molecule has 1 aliphatic rings. The molecule has 144 valence electrons. The van der Waals surface area contributed by atoms with Gasteiger partial charge in [-0.05, 0) is 60.9 Å². The molecule has 0 bridgehead atoms. The molecule has 5 nitrogen and oxygen atoms in total. The van der Waals surface area contributed by atoms with Crippen LogP contribution >= 0.6 is 0 Å². The summed E-state index contributed by atoms with van der Waals surface area (Å²) in [5, 5.41) is 2.90. The molecule has 1 heterocycles. The van der Waals surface area contributed by atoms with Crippen molar-refractivity contribution < 1.29 is 14.4 Å². The first-order chi connectivity index (χ1) is 14.0. The molecule has 3 aromatic carbocycles. The molecular formula is C24H20N2O3. The van der Waals surface area contributed by atoms with Gasteiger partial charge in [-0.3, -0.25) is 14.4 Å². The smallest absolute Gasteiger partial charge is 0.266 e. The van der Waals surface area contributed by atoms with Gasteiger partial charge in [-0.1, -0.05) is 37.3 Å². The van der Waals surface area contributed by atoms with Gasteiger partial charge >= 0.3 is 0 Å². The molecule has 1 aliphatic heterocycles. The Morgan fingerprint density at radius 1 is 0.897 bits per heavy atom. The fourth-order valence-corrected chi connectivity index (χ4v) is 3.53. The van der Waals surface area contributed by atoms with E-state index in [0.29, 0.717) is 16.8 Å². The number of hydrogen-bond acceptors (Lipinski definition) is 3. The van der Waals surface area contributed by atoms with Gasteiger partial charge in [-0.2, -0.15) is 0 Å². The van der Waals surface area contributed by atoms with Gasteiger partial charge in [0.25, 0.3) is 17.7 Å². The Labute approximate surface area is 169 Å². The minimum absolute atomic E-state index is 0.243. The van der Waals surface area contributed by atoms with E-state index in [9.17, 15) is 14.4 Å². The normalized spacial score (nSPS) is 12.8. The molecule has 4 rings (SSSR count). The Morgan fingerprint density at radius 2 is 1.66 bits per heavy atom. The summed E-state index contributed by atoms with van der Waals surface area (Å²) in [6.45, 7) is 3.92. The number of benzene rings is 3. The summed E-state index contributed by atoms with van der Waals surface area (Å²) in [5.74, 6) is -1.11. The molecule has 0 unspecified atom stereocenters. The third kappa shape index (κ3) is 3.31. The van der Waals surface area contributed by atoms with Gasteiger partial charge in [0.2, 0.25) is 0 Å². The van der Waals surface area contributed by atoms with E-state index in [1.165, 1.54) is 6.07 Å². The molecule has 3 amide bonds. The Hall–Kier alpha value is -3.73. The van der Waals surface area contributed by atoms with Crippen LogP contribution in [0.25, 0.3) is 0 Å². The summed E-state index contributed by atoms with van der Waals surface area (Å²) in [7, 11) is 0. The van der Waals surface area contributed by atoms with Crippen LogP contribution in [-0.2, 0) is 6.42 Å². The first-order valence-corrected chi connectivity index (χ1v) is 9.48. The summed E-state index contributed by atoms with van der Waals surface area (Å²) < 4.78 is 0. The van der Waals surface area contributed by atoms with Crippen molar-refractivity contribution in [3.63, 3.8) is 0 Å². The van der Waals surface area contributed by atoms with Crippen molar-refractivity contribution in [2.24, 2.45) is 0 Å². The van der Waals surface area contributed by atoms with Crippen LogP contribution in [0.4, 0.5) is 11.4 Å². The Morgan fingerprint density at radius 3 is 2.41 bits per heavy atom. The molecular weight excluding hydrogens is 364 g/mol. The molecule has 0 fully saturated rings. The molecule has 0 saturated heterocycles. The molecule has 5 heteroatoms. The van der Waals surface area contributed by atoms with Crippen LogP contribution in [0.1, 0.15) is 49.1 Å². The van der Waals surface area contributed by atoms with Crippen LogP contribution in [0.3, 0.4) is 0 Å². The first kappa shape index (κ1) is 18.6. The number of imide groups is 1. The Kier molecular flexibility index (Phi) is 4.72. The van der Waals surface area contributed by atoms with Gasteiger partial charge in [0.15, 0.2) is 0 Å². The van der Waals surface area contributed by atoms with E-state index in [-0.39, 0.29) is 17.4 Å². The summed E-state index contributed by atoms with van der Waals surface area (Å²) in [6.07, 6.45) is 0.791. The van der Waals surface area contributed by atoms with E-state index in [1.54, 1.807) is 30.3 Å². The standard InChI is InChI=1S/C24H20N2O3/c1-3-16-8-4-5-10-21(16)25-22(27)17-11-12-19-20(14-17)24(29)26(23(19)28)18-9-6-7-15(2)13-18/h4-14H,3H2,1-2H3,(H,25,27). The molecule has 1 N–H and O–H groups in total. The van der Waals surface area contributed by atoms with Crippen molar-refractivity contribution in [3.05, 3.63) is 94.5 Å². The van der Waals surface area contributed by atoms with Crippen molar-refractivity contribution in [2.75, 3.05) is 10.2 Å². The lowest BCUT2D eigenvalue weighted by Crippen LogP contribution is -2.29. The highest BCUT2D eigenvalue weighted by Gasteiger charge is 2.37. The lowest BCUT2D eigenvalue weighted by molar-refractivity contribution is 0.0925. The number of carbonyl (C=O) groups excluding carboxylic acids is 3. The van der Waals surface area contributed by atoms with Gasteiger partial charge in [-0.25, -0.2) is 4.90 Å². The van der Waals surface area contributed by atoms with Crippen molar-refractivity contribution in [1.29, 1.82) is 0 Å². The molecule has 0 saturated carbocycles. The zero-order valence-corrected chi connectivity index (χ0v) is 16.2. The van der Waals surface area contributed by atoms with E-state index < -0.39 is 5.91 Å². The second-order valence-electron chi connectivity index (χ2n) is 7.01. The maximum Gasteiger partial charge on any atom is 0.266 e. The summed E-state index contributed by atoms with van der Waals surface area (Å²) in [6, 6.07) is 19.4. The highest BCUT2D eigenvalue weighted by molar-refractivity contribution is 6.34. The van der Waals surface area contributed by atoms with Gasteiger partial charge in [0, 0.05) is 11.3 Å². The maximum absolute atomic E-state index is 12.9. The fraction of sp³-hybridized carbons (Fsp3) is 0.125. The minimum atomic E-state index is -0.417. The summed E-state index contributed by atoms with van der Waals surface area (Å²) in [4.78, 5) is 39.6. The minimum Gasteiger partial charge on any atom is -0.322 e. The number of amides is 3. The highest BCUT2D eigenvalue weighted by atomic mass is 16.2. The van der Waals surface area contributed by atoms with Gasteiger partial charge < -0.3 is 5.32 Å². The topological polar surface area (TPSA) is 66.5 Å². The van der Waals surface area contributed by atoms with Crippen LogP contribution in [0.2, 0.25) is 0 Å². The third-order valence-corrected chi connectivity index (χ3v) is 5.06. The van der Waals surface area contributed by atoms with Crippen LogP contribution in [0, 0.1) is 6.92 Å². The van der Waals surface area contributed by atoms with Gasteiger partial charge in [0.1, 0.15) is 0 Å². The molecule has 0 radical (unpaired) electrons. The zero-order valence-electron chi connectivity index (χ0n) is 16.2. The van der Waals surface area contributed by atoms with E-state index in [2.05, 4.69) is 5.32 Å². The lowest BCUT2D eigenvalue weighted by atomic mass is 10.0. The summed E-state index contributed by atoms with van der Waals surface area (Å²) >= 11 is 0. The van der Waals surface area contributed by atoms with Gasteiger partial charge in [-0.15, -0.1) is 0 Å². The highest BCUT2D eigenvalue weighted by Crippen LogP contribution is 2.30. The van der Waals surface area contributed by atoms with Crippen LogP contribution in [-0.4, -0.2) is 17.7 Å². The molecule has 0 spiro atoms. The summed E-state index contributed by atoms with van der Waals surface area (Å²) in [5.41, 5.74) is 4.13. The number of aryl methyl sites for hydroxylation is 2. The number of fused-ring (bicyclic) bond motifs is 1. The monoisotopic (exact) mass is 384 g/mol. The van der Waals surface area contributed by atoms with Crippen LogP contribution in [0.15, 0.2) is 66.7 Å². The molecule has 0 atom stereocenters. The lowest BCUT2D eigenvalue weighted by Gasteiger charge is -2.14. The van der Waals surface area contributed by atoms with E-state index >= 15 is 0 Å². The van der Waals surface area contributed by atoms with Crippen molar-refractivity contribution in [2.45, 2.75) is 20.3 Å². The average Bonchev–Trinajstić information content (AvgIpc) is 2.98. The maximum atomic E-state index is 12.9. The Bertz CT molecular complexity index is 1150. The van der Waals surface area contributed by atoms with Crippen molar-refractivity contribution in [1.82, 2.24) is 0 Å². The SMILES string of the molecule is CCc1ccccc1NC(=O)c1ccc2c(c1)C(=O)N(c1cccc(C)c1)C2=O.